The van der Waals surface area contributed by atoms with Gasteiger partial charge in [0.1, 0.15) is 5.75 Å². The molecular weight excluding hydrogens is 432 g/mol. The van der Waals surface area contributed by atoms with Gasteiger partial charge in [0.15, 0.2) is 5.16 Å². The number of nitrogens with zero attached hydrogens (tertiary/aromatic N) is 4. The predicted octanol–water partition coefficient (Wildman–Crippen LogP) is 4.93. The lowest BCUT2D eigenvalue weighted by Crippen LogP contribution is -2.24. The maximum Gasteiger partial charge on any atom is 0.262 e. The lowest BCUT2D eigenvalue weighted by molar-refractivity contribution is 0.414. The SMILES string of the molecule is COc1ccc(Cn2c(SCc3cnn(-c4ccccc4)c3)nc3ccccc3c2=O)cc1. The molecule has 0 aliphatic heterocycles. The summed E-state index contributed by atoms with van der Waals surface area (Å²) in [5, 5.41) is 5.78. The van der Waals surface area contributed by atoms with E-state index in [4.69, 9.17) is 9.72 Å². The van der Waals surface area contributed by atoms with Gasteiger partial charge in [-0.1, -0.05) is 54.2 Å². The van der Waals surface area contributed by atoms with E-state index in [1.807, 2.05) is 95.9 Å². The summed E-state index contributed by atoms with van der Waals surface area (Å²) < 4.78 is 8.85. The Bertz CT molecular complexity index is 1440. The van der Waals surface area contributed by atoms with Crippen molar-refractivity contribution in [1.82, 2.24) is 19.3 Å². The third-order valence-electron chi connectivity index (χ3n) is 5.35. The summed E-state index contributed by atoms with van der Waals surface area (Å²) in [6.45, 7) is 0.437. The number of thioether (sulfide) groups is 1. The van der Waals surface area contributed by atoms with E-state index in [0.29, 0.717) is 28.4 Å². The first-order chi connectivity index (χ1) is 16.2. The molecule has 7 heteroatoms. The van der Waals surface area contributed by atoms with Crippen molar-refractivity contribution in [3.63, 3.8) is 0 Å². The highest BCUT2D eigenvalue weighted by Gasteiger charge is 2.13. The Kier molecular flexibility index (Phi) is 5.95. The van der Waals surface area contributed by atoms with Gasteiger partial charge >= 0.3 is 0 Å². The second kappa shape index (κ2) is 9.34. The van der Waals surface area contributed by atoms with Gasteiger partial charge in [-0.2, -0.15) is 5.10 Å². The van der Waals surface area contributed by atoms with Gasteiger partial charge in [-0.25, -0.2) is 9.67 Å². The Morgan fingerprint density at radius 3 is 2.45 bits per heavy atom. The summed E-state index contributed by atoms with van der Waals surface area (Å²) in [6.07, 6.45) is 3.86. The van der Waals surface area contributed by atoms with Crippen LogP contribution in [0.2, 0.25) is 0 Å². The molecule has 0 atom stereocenters. The minimum atomic E-state index is -0.0427. The summed E-state index contributed by atoms with van der Waals surface area (Å²) in [7, 11) is 1.64. The first-order valence-corrected chi connectivity index (χ1v) is 11.5. The van der Waals surface area contributed by atoms with Crippen LogP contribution in [-0.4, -0.2) is 26.4 Å². The van der Waals surface area contributed by atoms with Gasteiger partial charge in [-0.15, -0.1) is 0 Å². The zero-order valence-corrected chi connectivity index (χ0v) is 18.9. The molecule has 0 fully saturated rings. The summed E-state index contributed by atoms with van der Waals surface area (Å²) in [5.41, 5.74) is 3.74. The van der Waals surface area contributed by atoms with Crippen LogP contribution < -0.4 is 10.3 Å². The zero-order valence-electron chi connectivity index (χ0n) is 18.1. The fourth-order valence-electron chi connectivity index (χ4n) is 3.62. The lowest BCUT2D eigenvalue weighted by atomic mass is 10.2. The van der Waals surface area contributed by atoms with E-state index in [-0.39, 0.29) is 5.56 Å². The van der Waals surface area contributed by atoms with Crippen LogP contribution in [0.4, 0.5) is 0 Å². The molecule has 5 rings (SSSR count). The molecule has 6 nitrogen and oxygen atoms in total. The van der Waals surface area contributed by atoms with E-state index in [2.05, 4.69) is 5.10 Å². The molecule has 0 unspecified atom stereocenters. The Balaban J connectivity index is 1.45. The first kappa shape index (κ1) is 21.0. The molecule has 3 aromatic carbocycles. The smallest absolute Gasteiger partial charge is 0.262 e. The van der Waals surface area contributed by atoms with Gasteiger partial charge in [0.25, 0.3) is 5.56 Å². The van der Waals surface area contributed by atoms with Crippen LogP contribution in [0.5, 0.6) is 5.75 Å². The van der Waals surface area contributed by atoms with Crippen LogP contribution in [0.1, 0.15) is 11.1 Å². The number of benzene rings is 3. The molecule has 5 aromatic rings. The first-order valence-electron chi connectivity index (χ1n) is 10.6. The third-order valence-corrected chi connectivity index (χ3v) is 6.40. The molecule has 2 heterocycles. The second-order valence-corrected chi connectivity index (χ2v) is 8.51. The predicted molar refractivity (Wildman–Crippen MR) is 131 cm³/mol. The standard InChI is InChI=1S/C26H22N4O2S/c1-32-22-13-11-19(12-14-22)16-29-25(31)23-9-5-6-10-24(23)28-26(29)33-18-20-15-27-30(17-20)21-7-3-2-4-8-21/h2-15,17H,16,18H2,1H3. The van der Waals surface area contributed by atoms with Crippen LogP contribution >= 0.6 is 11.8 Å². The van der Waals surface area contributed by atoms with Crippen LogP contribution in [0.25, 0.3) is 16.6 Å². The van der Waals surface area contributed by atoms with E-state index in [0.717, 1.165) is 22.6 Å². The Morgan fingerprint density at radius 1 is 0.909 bits per heavy atom. The maximum atomic E-state index is 13.3. The molecule has 164 valence electrons. The van der Waals surface area contributed by atoms with Crippen molar-refractivity contribution >= 4 is 22.7 Å². The molecule has 0 N–H and O–H groups in total. The number of rotatable bonds is 7. The van der Waals surface area contributed by atoms with Crippen LogP contribution in [-0.2, 0) is 12.3 Å². The summed E-state index contributed by atoms with van der Waals surface area (Å²) in [6, 6.07) is 25.2. The fraction of sp³-hybridized carbons (Fsp3) is 0.115. The monoisotopic (exact) mass is 454 g/mol. The minimum absolute atomic E-state index is 0.0427. The van der Waals surface area contributed by atoms with Crippen LogP contribution in [0.3, 0.4) is 0 Å². The van der Waals surface area contributed by atoms with Crippen molar-refractivity contribution < 1.29 is 4.74 Å². The number of aromatic nitrogens is 4. The third kappa shape index (κ3) is 4.54. The number of ether oxygens (including phenoxy) is 1. The molecule has 2 aromatic heterocycles. The topological polar surface area (TPSA) is 61.9 Å². The number of methoxy groups -OCH3 is 1. The maximum absolute atomic E-state index is 13.3. The molecule has 0 aliphatic rings. The van der Waals surface area contributed by atoms with Crippen molar-refractivity contribution in [3.8, 4) is 11.4 Å². The average molecular weight is 455 g/mol. The number of hydrogen-bond acceptors (Lipinski definition) is 5. The second-order valence-electron chi connectivity index (χ2n) is 7.57. The Labute approximate surface area is 195 Å². The van der Waals surface area contributed by atoms with E-state index in [9.17, 15) is 4.79 Å². The Hall–Kier alpha value is -3.84. The van der Waals surface area contributed by atoms with Crippen LogP contribution in [0, 0.1) is 0 Å². The largest absolute Gasteiger partial charge is 0.497 e. The quantitative estimate of drug-likeness (QED) is 0.258. The van der Waals surface area contributed by atoms with Crippen molar-refractivity contribution in [2.45, 2.75) is 17.5 Å². The molecule has 0 saturated carbocycles. The highest BCUT2D eigenvalue weighted by molar-refractivity contribution is 7.98. The number of fused-ring (bicyclic) bond motifs is 1. The fourth-order valence-corrected chi connectivity index (χ4v) is 4.53. The van der Waals surface area contributed by atoms with E-state index < -0.39 is 0 Å². The lowest BCUT2D eigenvalue weighted by Gasteiger charge is -2.13. The highest BCUT2D eigenvalue weighted by Crippen LogP contribution is 2.24. The van der Waals surface area contributed by atoms with E-state index >= 15 is 0 Å². The highest BCUT2D eigenvalue weighted by atomic mass is 32.2. The summed E-state index contributed by atoms with van der Waals surface area (Å²) >= 11 is 1.54. The number of hydrogen-bond donors (Lipinski definition) is 0. The molecule has 33 heavy (non-hydrogen) atoms. The van der Waals surface area contributed by atoms with Crippen molar-refractivity contribution in [1.29, 1.82) is 0 Å². The van der Waals surface area contributed by atoms with Crippen molar-refractivity contribution in [2.75, 3.05) is 7.11 Å². The minimum Gasteiger partial charge on any atom is -0.497 e. The molecule has 0 saturated heterocycles. The average Bonchev–Trinajstić information content (AvgIpc) is 3.35. The molecule has 0 spiro atoms. The normalized spacial score (nSPS) is 11.1. The van der Waals surface area contributed by atoms with E-state index in [1.54, 1.807) is 11.7 Å². The molecule has 0 aliphatic carbocycles. The van der Waals surface area contributed by atoms with Gasteiger partial charge in [0, 0.05) is 17.5 Å². The van der Waals surface area contributed by atoms with Crippen molar-refractivity contribution in [2.24, 2.45) is 0 Å². The van der Waals surface area contributed by atoms with Crippen LogP contribution in [0.15, 0.2) is 101 Å². The summed E-state index contributed by atoms with van der Waals surface area (Å²) in [5.74, 6) is 1.44. The molecule has 0 bridgehead atoms. The summed E-state index contributed by atoms with van der Waals surface area (Å²) in [4.78, 5) is 18.2. The van der Waals surface area contributed by atoms with Gasteiger partial charge in [0.05, 0.1) is 36.4 Å². The molecular formula is C26H22N4O2S. The van der Waals surface area contributed by atoms with Gasteiger partial charge < -0.3 is 4.74 Å². The van der Waals surface area contributed by atoms with E-state index in [1.165, 1.54) is 11.8 Å². The van der Waals surface area contributed by atoms with Crippen molar-refractivity contribution in [3.05, 3.63) is 113 Å². The molecule has 0 amide bonds. The molecule has 0 radical (unpaired) electrons. The Morgan fingerprint density at radius 2 is 1.67 bits per heavy atom. The number of para-hydroxylation sites is 2. The van der Waals surface area contributed by atoms with Gasteiger partial charge in [-0.3, -0.25) is 9.36 Å². The van der Waals surface area contributed by atoms with Gasteiger partial charge in [-0.05, 0) is 42.0 Å². The zero-order chi connectivity index (χ0) is 22.6. The van der Waals surface area contributed by atoms with Gasteiger partial charge in [0.2, 0.25) is 0 Å².